The molecular formula is C11H13ClN4O2S. The number of imidazole rings is 1. The van der Waals surface area contributed by atoms with Crippen LogP contribution in [0.3, 0.4) is 0 Å². The fraction of sp³-hybridized carbons (Fsp3) is 0.273. The molecule has 0 saturated carbocycles. The van der Waals surface area contributed by atoms with Gasteiger partial charge in [-0.3, -0.25) is 4.31 Å². The largest absolute Gasteiger partial charge is 0.337 e. The lowest BCUT2D eigenvalue weighted by Gasteiger charge is -2.16. The minimum absolute atomic E-state index is 0.00764. The summed E-state index contributed by atoms with van der Waals surface area (Å²) in [6.07, 6.45) is 2.86. The first kappa shape index (κ1) is 13.8. The molecule has 0 amide bonds. The summed E-state index contributed by atoms with van der Waals surface area (Å²) in [5, 5.41) is 0.440. The van der Waals surface area contributed by atoms with Gasteiger partial charge in [-0.1, -0.05) is 11.6 Å². The molecule has 0 aromatic carbocycles. The second-order valence-corrected chi connectivity index (χ2v) is 6.40. The van der Waals surface area contributed by atoms with Gasteiger partial charge in [0, 0.05) is 26.5 Å². The van der Waals surface area contributed by atoms with Gasteiger partial charge in [-0.2, -0.15) is 8.42 Å². The highest BCUT2D eigenvalue weighted by Crippen LogP contribution is 2.20. The molecule has 0 unspecified atom stereocenters. The van der Waals surface area contributed by atoms with Crippen LogP contribution in [0.5, 0.6) is 0 Å². The molecule has 8 heteroatoms. The number of halogens is 1. The number of aryl methyl sites for hydroxylation is 2. The van der Waals surface area contributed by atoms with E-state index in [0.717, 1.165) is 4.31 Å². The molecule has 0 spiro atoms. The molecule has 0 saturated heterocycles. The Bertz CT molecular complexity index is 674. The van der Waals surface area contributed by atoms with E-state index in [1.807, 2.05) is 0 Å². The molecule has 0 bridgehead atoms. The quantitative estimate of drug-likeness (QED) is 0.863. The summed E-state index contributed by atoms with van der Waals surface area (Å²) < 4.78 is 27.4. The maximum atomic E-state index is 12.4. The first-order valence-corrected chi connectivity index (χ1v) is 7.24. The molecule has 0 atom stereocenters. The van der Waals surface area contributed by atoms with Gasteiger partial charge in [0.1, 0.15) is 11.6 Å². The van der Waals surface area contributed by atoms with Crippen LogP contribution < -0.4 is 4.31 Å². The number of pyridine rings is 1. The normalized spacial score (nSPS) is 11.6. The standard InChI is InChI=1S/C11H13ClN4O2S/c1-8-14-11(7-15(8)2)19(17,18)16(3)10-5-4-9(12)6-13-10/h4-7H,1-3H3. The van der Waals surface area contributed by atoms with Gasteiger partial charge in [0.25, 0.3) is 10.0 Å². The molecule has 19 heavy (non-hydrogen) atoms. The van der Waals surface area contributed by atoms with Crippen LogP contribution in [-0.4, -0.2) is 30.0 Å². The highest BCUT2D eigenvalue weighted by atomic mass is 35.5. The minimum atomic E-state index is -3.71. The zero-order valence-corrected chi connectivity index (χ0v) is 12.3. The van der Waals surface area contributed by atoms with Crippen LogP contribution >= 0.6 is 11.6 Å². The molecule has 0 radical (unpaired) electrons. The van der Waals surface area contributed by atoms with Crippen molar-refractivity contribution in [2.45, 2.75) is 11.9 Å². The van der Waals surface area contributed by atoms with Crippen LogP contribution in [0, 0.1) is 6.92 Å². The zero-order valence-electron chi connectivity index (χ0n) is 10.7. The molecule has 0 aliphatic heterocycles. The van der Waals surface area contributed by atoms with Crippen molar-refractivity contribution >= 4 is 27.4 Å². The van der Waals surface area contributed by atoms with Crippen LogP contribution in [0.4, 0.5) is 5.82 Å². The van der Waals surface area contributed by atoms with Gasteiger partial charge in [-0.25, -0.2) is 9.97 Å². The molecule has 102 valence electrons. The van der Waals surface area contributed by atoms with Crippen LogP contribution in [0.25, 0.3) is 0 Å². The number of hydrogen-bond acceptors (Lipinski definition) is 4. The lowest BCUT2D eigenvalue weighted by Crippen LogP contribution is -2.27. The Morgan fingerprint density at radius 3 is 2.53 bits per heavy atom. The van der Waals surface area contributed by atoms with Gasteiger partial charge >= 0.3 is 0 Å². The lowest BCUT2D eigenvalue weighted by atomic mass is 10.5. The van der Waals surface area contributed by atoms with E-state index in [-0.39, 0.29) is 10.8 Å². The SMILES string of the molecule is Cc1nc(S(=O)(=O)N(C)c2ccc(Cl)cn2)cn1C. The van der Waals surface area contributed by atoms with Crippen molar-refractivity contribution in [3.63, 3.8) is 0 Å². The Hall–Kier alpha value is -1.60. The van der Waals surface area contributed by atoms with E-state index in [2.05, 4.69) is 9.97 Å². The number of sulfonamides is 1. The van der Waals surface area contributed by atoms with Crippen molar-refractivity contribution in [2.24, 2.45) is 7.05 Å². The van der Waals surface area contributed by atoms with E-state index >= 15 is 0 Å². The summed E-state index contributed by atoms with van der Waals surface area (Å²) in [7, 11) is -0.547. The van der Waals surface area contributed by atoms with E-state index in [1.165, 1.54) is 25.5 Å². The number of hydrogen-bond donors (Lipinski definition) is 0. The zero-order chi connectivity index (χ0) is 14.2. The van der Waals surface area contributed by atoms with Gasteiger partial charge in [0.2, 0.25) is 0 Å². The average Bonchev–Trinajstić information content (AvgIpc) is 2.70. The fourth-order valence-corrected chi connectivity index (χ4v) is 2.75. The van der Waals surface area contributed by atoms with Gasteiger partial charge < -0.3 is 4.57 Å². The molecule has 2 rings (SSSR count). The molecule has 0 aliphatic carbocycles. The van der Waals surface area contributed by atoms with Crippen molar-refractivity contribution in [2.75, 3.05) is 11.4 Å². The molecule has 0 aliphatic rings. The van der Waals surface area contributed by atoms with Crippen molar-refractivity contribution in [3.05, 3.63) is 35.4 Å². The lowest BCUT2D eigenvalue weighted by molar-refractivity contribution is 0.590. The third kappa shape index (κ3) is 2.57. The van der Waals surface area contributed by atoms with Crippen molar-refractivity contribution in [3.8, 4) is 0 Å². The molecule has 0 fully saturated rings. The molecule has 2 aromatic rings. The summed E-state index contributed by atoms with van der Waals surface area (Å²) >= 11 is 5.73. The Morgan fingerprint density at radius 1 is 1.37 bits per heavy atom. The summed E-state index contributed by atoms with van der Waals surface area (Å²) in [6, 6.07) is 3.12. The second-order valence-electron chi connectivity index (χ2n) is 4.04. The van der Waals surface area contributed by atoms with Crippen molar-refractivity contribution < 1.29 is 8.42 Å². The fourth-order valence-electron chi connectivity index (χ4n) is 1.47. The molecule has 0 N–H and O–H groups in total. The van der Waals surface area contributed by atoms with Crippen molar-refractivity contribution in [1.82, 2.24) is 14.5 Å². The van der Waals surface area contributed by atoms with Gasteiger partial charge in [-0.15, -0.1) is 0 Å². The van der Waals surface area contributed by atoms with E-state index < -0.39 is 10.0 Å². The van der Waals surface area contributed by atoms with Crippen LogP contribution in [0.1, 0.15) is 5.82 Å². The molecule has 6 nitrogen and oxygen atoms in total. The summed E-state index contributed by atoms with van der Waals surface area (Å²) in [5.41, 5.74) is 0. The summed E-state index contributed by atoms with van der Waals surface area (Å²) in [6.45, 7) is 1.74. The monoisotopic (exact) mass is 300 g/mol. The number of rotatable bonds is 3. The summed E-state index contributed by atoms with van der Waals surface area (Å²) in [4.78, 5) is 8.00. The predicted molar refractivity (Wildman–Crippen MR) is 72.8 cm³/mol. The minimum Gasteiger partial charge on any atom is -0.337 e. The third-order valence-electron chi connectivity index (χ3n) is 2.75. The summed E-state index contributed by atoms with van der Waals surface area (Å²) in [5.74, 6) is 0.906. The second kappa shape index (κ2) is 4.82. The Labute approximate surface area is 116 Å². The number of aromatic nitrogens is 3. The van der Waals surface area contributed by atoms with Crippen LogP contribution in [-0.2, 0) is 17.1 Å². The average molecular weight is 301 g/mol. The smallest absolute Gasteiger partial charge is 0.284 e. The van der Waals surface area contributed by atoms with Gasteiger partial charge in [0.05, 0.1) is 5.02 Å². The third-order valence-corrected chi connectivity index (χ3v) is 4.60. The molecule has 2 aromatic heterocycles. The van der Waals surface area contributed by atoms with E-state index in [0.29, 0.717) is 10.8 Å². The molecule has 2 heterocycles. The maximum absolute atomic E-state index is 12.4. The highest BCUT2D eigenvalue weighted by molar-refractivity contribution is 7.92. The van der Waals surface area contributed by atoms with Crippen molar-refractivity contribution in [1.29, 1.82) is 0 Å². The van der Waals surface area contributed by atoms with Crippen LogP contribution in [0.2, 0.25) is 5.02 Å². The highest BCUT2D eigenvalue weighted by Gasteiger charge is 2.25. The van der Waals surface area contributed by atoms with E-state index in [9.17, 15) is 8.42 Å². The van der Waals surface area contributed by atoms with Crippen LogP contribution in [0.15, 0.2) is 29.6 Å². The first-order chi connectivity index (χ1) is 8.82. The molecular weight excluding hydrogens is 288 g/mol. The van der Waals surface area contributed by atoms with Gasteiger partial charge in [0.15, 0.2) is 5.03 Å². The van der Waals surface area contributed by atoms with E-state index in [1.54, 1.807) is 24.6 Å². The van der Waals surface area contributed by atoms with Gasteiger partial charge in [-0.05, 0) is 19.1 Å². The Kier molecular flexibility index (Phi) is 3.51. The Balaban J connectivity index is 2.41. The topological polar surface area (TPSA) is 68.1 Å². The first-order valence-electron chi connectivity index (χ1n) is 5.43. The Morgan fingerprint density at radius 2 is 2.05 bits per heavy atom. The van der Waals surface area contributed by atoms with E-state index in [4.69, 9.17) is 11.6 Å². The predicted octanol–water partition coefficient (Wildman–Crippen LogP) is 1.60. The maximum Gasteiger partial charge on any atom is 0.284 e. The number of nitrogens with zero attached hydrogens (tertiary/aromatic N) is 4. The number of anilines is 1.